The van der Waals surface area contributed by atoms with Gasteiger partial charge in [-0.1, -0.05) is 48.0 Å². The van der Waals surface area contributed by atoms with Crippen LogP contribution in [0.1, 0.15) is 48.0 Å². The van der Waals surface area contributed by atoms with Crippen LogP contribution in [0.2, 0.25) is 0 Å². The molecule has 0 saturated heterocycles. The number of rotatable bonds is 14. The number of primary amides is 1. The number of thiazole rings is 1. The average Bonchev–Trinajstić information content (AvgIpc) is 3.40. The van der Waals surface area contributed by atoms with Gasteiger partial charge in [-0.3, -0.25) is 29.0 Å². The van der Waals surface area contributed by atoms with Gasteiger partial charge in [0.1, 0.15) is 6.04 Å². The van der Waals surface area contributed by atoms with Gasteiger partial charge in [-0.05, 0) is 38.3 Å². The molecule has 0 bridgehead atoms. The lowest BCUT2D eigenvalue weighted by Gasteiger charge is -2.19. The van der Waals surface area contributed by atoms with Crippen molar-refractivity contribution in [2.45, 2.75) is 51.6 Å². The van der Waals surface area contributed by atoms with Crippen molar-refractivity contribution in [3.8, 4) is 0 Å². The molecule has 2 aromatic carbocycles. The van der Waals surface area contributed by atoms with E-state index < -0.39 is 42.3 Å². The van der Waals surface area contributed by atoms with Gasteiger partial charge >= 0.3 is 0 Å². The summed E-state index contributed by atoms with van der Waals surface area (Å²) >= 11 is 1.21. The zero-order valence-corrected chi connectivity index (χ0v) is 25.0. The SMILES string of the molecule is CC(=O)NC(CCC(N)=O)C(=O)NCC(=O)NC(CCCN=C(N)N)C(=O)c1nc2ccccc2s1.Cc1ccccc1. The van der Waals surface area contributed by atoms with Crippen molar-refractivity contribution in [1.29, 1.82) is 0 Å². The number of hydrogen-bond donors (Lipinski definition) is 6. The Balaban J connectivity index is 0.000000804. The van der Waals surface area contributed by atoms with E-state index in [2.05, 4.69) is 45.0 Å². The molecule has 0 aliphatic rings. The molecule has 2 unspecified atom stereocenters. The molecule has 1 aromatic heterocycles. The third-order valence-electron chi connectivity index (χ3n) is 5.84. The van der Waals surface area contributed by atoms with Gasteiger partial charge in [0.05, 0.1) is 22.8 Å². The number of guanidine groups is 1. The molecule has 230 valence electrons. The molecule has 14 heteroatoms. The maximum absolute atomic E-state index is 13.2. The third-order valence-corrected chi connectivity index (χ3v) is 6.89. The largest absolute Gasteiger partial charge is 0.370 e. The van der Waals surface area contributed by atoms with E-state index >= 15 is 0 Å². The van der Waals surface area contributed by atoms with E-state index in [1.807, 2.05) is 36.4 Å². The second-order valence-electron chi connectivity index (χ2n) is 9.55. The second kappa shape index (κ2) is 17.9. The Bertz CT molecular complexity index is 1390. The van der Waals surface area contributed by atoms with Gasteiger partial charge in [0.25, 0.3) is 0 Å². The Morgan fingerprint density at radius 1 is 0.907 bits per heavy atom. The van der Waals surface area contributed by atoms with E-state index in [0.29, 0.717) is 11.9 Å². The van der Waals surface area contributed by atoms with Gasteiger partial charge in [0.2, 0.25) is 29.4 Å². The van der Waals surface area contributed by atoms with Crippen LogP contribution >= 0.6 is 11.3 Å². The number of nitrogens with two attached hydrogens (primary N) is 3. The molecule has 0 saturated carbocycles. The maximum atomic E-state index is 13.2. The second-order valence-corrected chi connectivity index (χ2v) is 10.6. The molecule has 0 radical (unpaired) electrons. The van der Waals surface area contributed by atoms with Crippen molar-refractivity contribution in [3.63, 3.8) is 0 Å². The topological polar surface area (TPSA) is 225 Å². The van der Waals surface area contributed by atoms with Crippen LogP contribution in [-0.2, 0) is 19.2 Å². The first-order chi connectivity index (χ1) is 20.5. The Morgan fingerprint density at radius 2 is 1.58 bits per heavy atom. The number of aromatic nitrogens is 1. The standard InChI is InChI=1S/C22H30N8O5S.C7H8/c1-12(31)28-15(8-9-17(23)32)20(35)27-11-18(33)29-14(6-4-10-26-22(24)25)19(34)21-30-13-5-2-3-7-16(13)36-21;1-7-5-3-2-4-6-7/h2-3,5,7,14-15H,4,6,8-11H2,1H3,(H2,23,32)(H,27,35)(H,28,31)(H,29,33)(H4,24,25,26);2-6H,1H3. The van der Waals surface area contributed by atoms with Gasteiger partial charge in [-0.25, -0.2) is 4.98 Å². The van der Waals surface area contributed by atoms with Crippen molar-refractivity contribution in [3.05, 3.63) is 65.2 Å². The molecule has 0 aliphatic heterocycles. The summed E-state index contributed by atoms with van der Waals surface area (Å²) in [5, 5.41) is 7.68. The lowest BCUT2D eigenvalue weighted by Crippen LogP contribution is -2.50. The van der Waals surface area contributed by atoms with Crippen molar-refractivity contribution < 1.29 is 24.0 Å². The first-order valence-corrected chi connectivity index (χ1v) is 14.4. The van der Waals surface area contributed by atoms with E-state index in [-0.39, 0.29) is 42.6 Å². The molecule has 9 N–H and O–H groups in total. The summed E-state index contributed by atoms with van der Waals surface area (Å²) in [5.41, 5.74) is 17.8. The third kappa shape index (κ3) is 13.1. The number of aliphatic imine (C=N–C) groups is 1. The van der Waals surface area contributed by atoms with Crippen molar-refractivity contribution in [2.24, 2.45) is 22.2 Å². The van der Waals surface area contributed by atoms with E-state index in [1.54, 1.807) is 6.07 Å². The average molecular weight is 611 g/mol. The van der Waals surface area contributed by atoms with Gasteiger partial charge in [-0.15, -0.1) is 11.3 Å². The molecule has 2 atom stereocenters. The first kappa shape index (κ1) is 34.4. The van der Waals surface area contributed by atoms with Gasteiger partial charge in [0.15, 0.2) is 11.0 Å². The fourth-order valence-corrected chi connectivity index (χ4v) is 4.73. The molecule has 13 nitrogen and oxygen atoms in total. The summed E-state index contributed by atoms with van der Waals surface area (Å²) in [6.45, 7) is 3.11. The Morgan fingerprint density at radius 3 is 2.16 bits per heavy atom. The number of carbonyl (C=O) groups is 5. The van der Waals surface area contributed by atoms with E-state index in [0.717, 1.165) is 4.70 Å². The summed E-state index contributed by atoms with van der Waals surface area (Å²) in [4.78, 5) is 68.9. The number of hydrogen-bond acceptors (Lipinski definition) is 8. The van der Waals surface area contributed by atoms with Crippen LogP contribution in [0, 0.1) is 6.92 Å². The lowest BCUT2D eigenvalue weighted by atomic mass is 10.1. The molecule has 43 heavy (non-hydrogen) atoms. The number of para-hydroxylation sites is 1. The Kier molecular flexibility index (Phi) is 14.3. The molecule has 3 rings (SSSR count). The maximum Gasteiger partial charge on any atom is 0.243 e. The predicted octanol–water partition coefficient (Wildman–Crippen LogP) is 0.899. The highest BCUT2D eigenvalue weighted by atomic mass is 32.1. The molecule has 0 aliphatic carbocycles. The van der Waals surface area contributed by atoms with Gasteiger partial charge in [0, 0.05) is 19.9 Å². The van der Waals surface area contributed by atoms with Crippen LogP contribution in [-0.4, -0.2) is 65.5 Å². The number of fused-ring (bicyclic) bond motifs is 1. The van der Waals surface area contributed by atoms with Crippen molar-refractivity contribution in [1.82, 2.24) is 20.9 Å². The number of ketones is 1. The highest BCUT2D eigenvalue weighted by molar-refractivity contribution is 7.20. The molecular formula is C29H38N8O5S. The molecule has 4 amide bonds. The van der Waals surface area contributed by atoms with Crippen molar-refractivity contribution >= 4 is 56.9 Å². The van der Waals surface area contributed by atoms with Crippen LogP contribution in [0.3, 0.4) is 0 Å². The molecule has 1 heterocycles. The van der Waals surface area contributed by atoms with E-state index in [9.17, 15) is 24.0 Å². The summed E-state index contributed by atoms with van der Waals surface area (Å²) in [5.74, 6) is -2.86. The monoisotopic (exact) mass is 610 g/mol. The Labute approximate surface area is 253 Å². The van der Waals surface area contributed by atoms with Crippen LogP contribution < -0.4 is 33.2 Å². The number of benzene rings is 2. The zero-order chi connectivity index (χ0) is 31.8. The van der Waals surface area contributed by atoms with E-state index in [4.69, 9.17) is 17.2 Å². The number of carbonyl (C=O) groups excluding carboxylic acids is 5. The fraction of sp³-hybridized carbons (Fsp3) is 0.345. The quantitative estimate of drug-likeness (QED) is 0.0664. The number of nitrogens with one attached hydrogen (secondary N) is 3. The highest BCUT2D eigenvalue weighted by Gasteiger charge is 2.26. The van der Waals surface area contributed by atoms with Crippen LogP contribution in [0.5, 0.6) is 0 Å². The summed E-state index contributed by atoms with van der Waals surface area (Å²) in [7, 11) is 0. The summed E-state index contributed by atoms with van der Waals surface area (Å²) in [6, 6.07) is 15.6. The van der Waals surface area contributed by atoms with Crippen LogP contribution in [0.4, 0.5) is 0 Å². The van der Waals surface area contributed by atoms with Crippen molar-refractivity contribution in [2.75, 3.05) is 13.1 Å². The molecule has 0 spiro atoms. The molecule has 3 aromatic rings. The normalized spacial score (nSPS) is 11.7. The smallest absolute Gasteiger partial charge is 0.243 e. The highest BCUT2D eigenvalue weighted by Crippen LogP contribution is 2.23. The van der Waals surface area contributed by atoms with Crippen LogP contribution in [0.25, 0.3) is 10.2 Å². The van der Waals surface area contributed by atoms with E-state index in [1.165, 1.54) is 23.8 Å². The van der Waals surface area contributed by atoms with Crippen LogP contribution in [0.15, 0.2) is 59.6 Å². The minimum absolute atomic E-state index is 0.0219. The number of aryl methyl sites for hydroxylation is 1. The van der Waals surface area contributed by atoms with Gasteiger partial charge < -0.3 is 33.2 Å². The zero-order valence-electron chi connectivity index (χ0n) is 24.2. The minimum atomic E-state index is -1.04. The molecular weight excluding hydrogens is 572 g/mol. The predicted molar refractivity (Wildman–Crippen MR) is 166 cm³/mol. The minimum Gasteiger partial charge on any atom is -0.370 e. The number of amides is 4. The number of nitrogens with zero attached hydrogens (tertiary/aromatic N) is 2. The molecule has 0 fully saturated rings. The Hall–Kier alpha value is -4.85. The summed E-state index contributed by atoms with van der Waals surface area (Å²) < 4.78 is 0.832. The lowest BCUT2D eigenvalue weighted by molar-refractivity contribution is -0.130. The fourth-order valence-electron chi connectivity index (χ4n) is 3.77. The summed E-state index contributed by atoms with van der Waals surface area (Å²) in [6.07, 6.45) is 0.493. The number of Topliss-reactive ketones (excluding diaryl/α,β-unsaturated/α-hetero) is 1. The van der Waals surface area contributed by atoms with Gasteiger partial charge in [-0.2, -0.15) is 0 Å². The first-order valence-electron chi connectivity index (χ1n) is 13.6.